The molecule has 1 fully saturated rings. The molecule has 2 unspecified atom stereocenters. The monoisotopic (exact) mass is 304 g/mol. The maximum atomic E-state index is 11.1. The summed E-state index contributed by atoms with van der Waals surface area (Å²) in [6.45, 7) is 7.43. The molecule has 2 amide bonds. The molecule has 19 heavy (non-hydrogen) atoms. The molecule has 2 atom stereocenters. The summed E-state index contributed by atoms with van der Waals surface area (Å²) in [5.74, 6) is 0.00792. The van der Waals surface area contributed by atoms with E-state index in [9.17, 15) is 9.59 Å². The van der Waals surface area contributed by atoms with E-state index in [0.29, 0.717) is 19.2 Å². The SMILES string of the molecule is CC(=O)NC1CC(NC(C)=O)CC(C)(C)C1.[CH3][Ti][CH3]. The first kappa shape index (κ1) is 18.7. The summed E-state index contributed by atoms with van der Waals surface area (Å²) in [7, 11) is 0. The first-order valence-electron chi connectivity index (χ1n) is 6.83. The minimum atomic E-state index is 0.00396. The Labute approximate surface area is 126 Å². The van der Waals surface area contributed by atoms with E-state index < -0.39 is 0 Å². The number of hydrogen-bond acceptors (Lipinski definition) is 2. The Balaban J connectivity index is 0.000000982. The molecule has 5 heteroatoms. The fraction of sp³-hybridized carbons (Fsp3) is 0.857. The molecule has 0 spiro atoms. The van der Waals surface area contributed by atoms with Crippen LogP contribution < -0.4 is 10.6 Å². The van der Waals surface area contributed by atoms with Crippen LogP contribution in [0.3, 0.4) is 0 Å². The molecule has 1 rings (SSSR count). The van der Waals surface area contributed by atoms with Gasteiger partial charge in [0.2, 0.25) is 11.8 Å². The molecule has 2 N–H and O–H groups in total. The van der Waals surface area contributed by atoms with Crippen molar-refractivity contribution in [1.82, 2.24) is 10.6 Å². The third kappa shape index (κ3) is 9.23. The van der Waals surface area contributed by atoms with E-state index in [2.05, 4.69) is 34.9 Å². The molecular formula is C14H28N2O2Ti. The van der Waals surface area contributed by atoms with Crippen LogP contribution in [0.4, 0.5) is 0 Å². The quantitative estimate of drug-likeness (QED) is 0.770. The van der Waals surface area contributed by atoms with Gasteiger partial charge < -0.3 is 10.6 Å². The predicted octanol–water partition coefficient (Wildman–Crippen LogP) is 2.37. The zero-order valence-corrected chi connectivity index (χ0v) is 14.7. The van der Waals surface area contributed by atoms with Crippen LogP contribution in [-0.4, -0.2) is 23.9 Å². The fourth-order valence-electron chi connectivity index (χ4n) is 2.72. The fourth-order valence-corrected chi connectivity index (χ4v) is 2.72. The van der Waals surface area contributed by atoms with Gasteiger partial charge in [-0.2, -0.15) is 0 Å². The Bertz CT molecular complexity index is 280. The van der Waals surface area contributed by atoms with E-state index in [0.717, 1.165) is 19.3 Å². The molecule has 1 aliphatic rings. The van der Waals surface area contributed by atoms with Crippen LogP contribution >= 0.6 is 0 Å². The van der Waals surface area contributed by atoms with Gasteiger partial charge in [0.1, 0.15) is 0 Å². The van der Waals surface area contributed by atoms with Crippen molar-refractivity contribution in [2.45, 2.75) is 69.5 Å². The van der Waals surface area contributed by atoms with Crippen LogP contribution in [0, 0.1) is 5.41 Å². The van der Waals surface area contributed by atoms with Crippen molar-refractivity contribution in [3.8, 4) is 0 Å². The second kappa shape index (κ2) is 8.75. The van der Waals surface area contributed by atoms with Gasteiger partial charge in [0.25, 0.3) is 0 Å². The number of nitrogens with one attached hydrogen (secondary N) is 2. The Morgan fingerprint density at radius 1 is 1.00 bits per heavy atom. The molecule has 0 aromatic carbocycles. The van der Waals surface area contributed by atoms with Crippen LogP contribution in [0.1, 0.15) is 47.0 Å². The topological polar surface area (TPSA) is 58.2 Å². The third-order valence-corrected chi connectivity index (χ3v) is 2.98. The molecule has 0 bridgehead atoms. The molecular weight excluding hydrogens is 276 g/mol. The molecule has 1 saturated carbocycles. The first-order valence-corrected chi connectivity index (χ1v) is 9.95. The molecule has 0 aromatic heterocycles. The van der Waals surface area contributed by atoms with Crippen molar-refractivity contribution >= 4 is 11.8 Å². The maximum absolute atomic E-state index is 11.1. The summed E-state index contributed by atoms with van der Waals surface area (Å²) in [6, 6.07) is 0.358. The molecule has 110 valence electrons. The van der Waals surface area contributed by atoms with E-state index in [4.69, 9.17) is 0 Å². The van der Waals surface area contributed by atoms with Crippen LogP contribution in [0.5, 0.6) is 0 Å². The van der Waals surface area contributed by atoms with Gasteiger partial charge in [-0.05, 0) is 24.7 Å². The molecule has 0 radical (unpaired) electrons. The molecule has 1 aliphatic carbocycles. The zero-order chi connectivity index (χ0) is 15.1. The predicted molar refractivity (Wildman–Crippen MR) is 74.6 cm³/mol. The average Bonchev–Trinajstić information content (AvgIpc) is 2.12. The van der Waals surface area contributed by atoms with Gasteiger partial charge in [-0.1, -0.05) is 13.8 Å². The Morgan fingerprint density at radius 3 is 1.58 bits per heavy atom. The summed E-state index contributed by atoms with van der Waals surface area (Å²) in [4.78, 5) is 22.1. The van der Waals surface area contributed by atoms with E-state index in [-0.39, 0.29) is 29.3 Å². The van der Waals surface area contributed by atoms with Gasteiger partial charge in [0, 0.05) is 25.9 Å². The molecule has 0 heterocycles. The average molecular weight is 304 g/mol. The summed E-state index contributed by atoms with van der Waals surface area (Å²) >= 11 is 0.500. The van der Waals surface area contributed by atoms with E-state index in [1.54, 1.807) is 0 Å². The molecule has 4 nitrogen and oxygen atoms in total. The van der Waals surface area contributed by atoms with Crippen molar-refractivity contribution < 1.29 is 28.7 Å². The van der Waals surface area contributed by atoms with Gasteiger partial charge in [-0.3, -0.25) is 9.59 Å². The zero-order valence-electron chi connectivity index (χ0n) is 13.1. The van der Waals surface area contributed by atoms with E-state index in [1.165, 1.54) is 13.8 Å². The van der Waals surface area contributed by atoms with Crippen LogP contribution in [0.15, 0.2) is 0 Å². The summed E-state index contributed by atoms with van der Waals surface area (Å²) in [5, 5.41) is 10.4. The van der Waals surface area contributed by atoms with Crippen molar-refractivity contribution in [2.24, 2.45) is 5.41 Å². The summed E-state index contributed by atoms with van der Waals surface area (Å²) in [5.41, 5.74) is 0.165. The second-order valence-corrected chi connectivity index (χ2v) is 7.66. The van der Waals surface area contributed by atoms with E-state index >= 15 is 0 Å². The first-order chi connectivity index (χ1) is 8.70. The molecule has 0 saturated heterocycles. The number of carbonyl (C=O) groups excluding carboxylic acids is 2. The number of carbonyl (C=O) groups is 2. The van der Waals surface area contributed by atoms with Gasteiger partial charge >= 0.3 is 29.6 Å². The Hall–Kier alpha value is -0.346. The Kier molecular flexibility index (Phi) is 8.59. The second-order valence-electron chi connectivity index (χ2n) is 6.10. The van der Waals surface area contributed by atoms with Gasteiger partial charge in [-0.25, -0.2) is 0 Å². The van der Waals surface area contributed by atoms with Crippen LogP contribution in [0.25, 0.3) is 0 Å². The summed E-state index contributed by atoms with van der Waals surface area (Å²) < 4.78 is 0. The summed E-state index contributed by atoms with van der Waals surface area (Å²) in [6.07, 6.45) is 2.79. The van der Waals surface area contributed by atoms with E-state index in [1.807, 2.05) is 0 Å². The molecule has 0 aromatic rings. The van der Waals surface area contributed by atoms with Gasteiger partial charge in [0.15, 0.2) is 0 Å². The third-order valence-electron chi connectivity index (χ3n) is 2.98. The van der Waals surface area contributed by atoms with Crippen LogP contribution in [0.2, 0.25) is 10.5 Å². The van der Waals surface area contributed by atoms with Gasteiger partial charge in [0.05, 0.1) is 0 Å². The van der Waals surface area contributed by atoms with Crippen molar-refractivity contribution in [3.05, 3.63) is 0 Å². The standard InChI is InChI=1S/C12H22N2O2.2CH3.Ti/c1-8(15)13-10-5-11(14-9(2)16)7-12(3,4)6-10;;;/h10-11H,5-7H2,1-4H3,(H,13,15)(H,14,16);2*1H3;. The van der Waals surface area contributed by atoms with Crippen LogP contribution in [-0.2, 0) is 28.7 Å². The van der Waals surface area contributed by atoms with Crippen molar-refractivity contribution in [3.63, 3.8) is 0 Å². The van der Waals surface area contributed by atoms with Gasteiger partial charge in [-0.15, -0.1) is 0 Å². The number of rotatable bonds is 2. The van der Waals surface area contributed by atoms with Crippen molar-refractivity contribution in [2.75, 3.05) is 0 Å². The Morgan fingerprint density at radius 2 is 1.32 bits per heavy atom. The van der Waals surface area contributed by atoms with Crippen molar-refractivity contribution in [1.29, 1.82) is 0 Å². The number of hydrogen-bond donors (Lipinski definition) is 2. The number of amides is 2. The minimum absolute atomic E-state index is 0.00396. The molecule has 0 aliphatic heterocycles. The normalized spacial score (nSPS) is 24.5.